The molecule has 0 atom stereocenters. The second kappa shape index (κ2) is 7.02. The topological polar surface area (TPSA) is 61.5 Å². The van der Waals surface area contributed by atoms with Gasteiger partial charge in [0.15, 0.2) is 5.69 Å². The summed E-state index contributed by atoms with van der Waals surface area (Å²) in [4.78, 5) is 17.2. The van der Waals surface area contributed by atoms with Gasteiger partial charge in [-0.1, -0.05) is 19.1 Å². The van der Waals surface area contributed by atoms with Crippen molar-refractivity contribution in [1.29, 1.82) is 0 Å². The molecule has 1 N–H and O–H groups in total. The molecule has 0 unspecified atom stereocenters. The van der Waals surface area contributed by atoms with Gasteiger partial charge in [0, 0.05) is 30.9 Å². The molecule has 0 radical (unpaired) electrons. The Kier molecular flexibility index (Phi) is 4.94. The van der Waals surface area contributed by atoms with Gasteiger partial charge in [0.05, 0.1) is 18.3 Å². The van der Waals surface area contributed by atoms with Crippen molar-refractivity contribution in [1.82, 2.24) is 15.1 Å². The molecule has 1 aliphatic heterocycles. The molecule has 1 amide bonds. The Hall–Kier alpha value is -2.50. The number of nitrogens with zero attached hydrogens (tertiary/aromatic N) is 3. The van der Waals surface area contributed by atoms with Gasteiger partial charge in [0.25, 0.3) is 5.91 Å². The van der Waals surface area contributed by atoms with Crippen LogP contribution in [0.25, 0.3) is 0 Å². The maximum Gasteiger partial charge on any atom is 0.274 e. The number of methoxy groups -OCH3 is 1. The molecule has 0 aliphatic carbocycles. The number of nitrogens with one attached hydrogen (secondary N) is 1. The number of ether oxygens (including phenoxy) is 1. The fraction of sp³-hybridized carbons (Fsp3) is 0.500. The van der Waals surface area contributed by atoms with Crippen LogP contribution < -0.4 is 9.64 Å². The van der Waals surface area contributed by atoms with Gasteiger partial charge in [0.2, 0.25) is 0 Å². The first-order valence-corrected chi connectivity index (χ1v) is 9.12. The van der Waals surface area contributed by atoms with Crippen molar-refractivity contribution < 1.29 is 9.53 Å². The van der Waals surface area contributed by atoms with Crippen LogP contribution in [0.2, 0.25) is 0 Å². The summed E-state index contributed by atoms with van der Waals surface area (Å²) in [5.41, 5.74) is 3.39. The van der Waals surface area contributed by atoms with E-state index in [1.807, 2.05) is 30.0 Å². The lowest BCUT2D eigenvalue weighted by Crippen LogP contribution is -2.60. The van der Waals surface area contributed by atoms with Crippen LogP contribution in [0.3, 0.4) is 0 Å². The third kappa shape index (κ3) is 3.16. The number of benzene rings is 1. The summed E-state index contributed by atoms with van der Waals surface area (Å²) in [7, 11) is 1.69. The van der Waals surface area contributed by atoms with E-state index in [4.69, 9.17) is 4.74 Å². The van der Waals surface area contributed by atoms with Crippen LogP contribution in [0.5, 0.6) is 5.75 Å². The molecule has 3 rings (SSSR count). The third-order valence-corrected chi connectivity index (χ3v) is 5.23. The lowest BCUT2D eigenvalue weighted by molar-refractivity contribution is 0.0679. The van der Waals surface area contributed by atoms with Crippen molar-refractivity contribution in [3.8, 4) is 5.75 Å². The number of aromatic amines is 1. The lowest BCUT2D eigenvalue weighted by Gasteiger charge is -2.48. The van der Waals surface area contributed by atoms with E-state index in [9.17, 15) is 4.79 Å². The zero-order chi connectivity index (χ0) is 18.9. The van der Waals surface area contributed by atoms with Crippen LogP contribution in [0, 0.1) is 6.92 Å². The minimum absolute atomic E-state index is 0.00574. The van der Waals surface area contributed by atoms with Crippen LogP contribution in [0.1, 0.15) is 42.5 Å². The number of carbonyl (C=O) groups is 1. The van der Waals surface area contributed by atoms with Gasteiger partial charge in [-0.3, -0.25) is 9.89 Å². The van der Waals surface area contributed by atoms with E-state index in [0.29, 0.717) is 18.8 Å². The molecule has 1 aliphatic rings. The zero-order valence-electron chi connectivity index (χ0n) is 16.3. The number of hydrogen-bond acceptors (Lipinski definition) is 4. The van der Waals surface area contributed by atoms with Crippen LogP contribution >= 0.6 is 0 Å². The van der Waals surface area contributed by atoms with Crippen molar-refractivity contribution in [2.24, 2.45) is 0 Å². The highest BCUT2D eigenvalue weighted by atomic mass is 16.5. The molecule has 1 aromatic heterocycles. The highest BCUT2D eigenvalue weighted by Gasteiger charge is 2.37. The number of rotatable bonds is 4. The fourth-order valence-electron chi connectivity index (χ4n) is 3.76. The van der Waals surface area contributed by atoms with Gasteiger partial charge in [-0.2, -0.15) is 5.10 Å². The number of piperazine rings is 1. The molecule has 0 spiro atoms. The monoisotopic (exact) mass is 356 g/mol. The van der Waals surface area contributed by atoms with E-state index < -0.39 is 0 Å². The van der Waals surface area contributed by atoms with Gasteiger partial charge in [-0.15, -0.1) is 0 Å². The average molecular weight is 356 g/mol. The van der Waals surface area contributed by atoms with E-state index >= 15 is 0 Å². The molecule has 2 aromatic rings. The molecule has 140 valence electrons. The van der Waals surface area contributed by atoms with E-state index in [0.717, 1.165) is 35.7 Å². The number of H-pyrrole nitrogens is 1. The SMILES string of the molecule is CCc1[nH]nc(C(=O)N2CCN(c3ccccc3OC)C(C)(C)C2)c1C. The third-order valence-electron chi connectivity index (χ3n) is 5.23. The Morgan fingerprint density at radius 1 is 1.31 bits per heavy atom. The van der Waals surface area contributed by atoms with Crippen molar-refractivity contribution in [2.75, 3.05) is 31.6 Å². The van der Waals surface area contributed by atoms with Crippen molar-refractivity contribution in [3.63, 3.8) is 0 Å². The summed E-state index contributed by atoms with van der Waals surface area (Å²) in [6.07, 6.45) is 0.846. The van der Waals surface area contributed by atoms with Gasteiger partial charge >= 0.3 is 0 Å². The summed E-state index contributed by atoms with van der Waals surface area (Å²) in [5, 5.41) is 7.25. The summed E-state index contributed by atoms with van der Waals surface area (Å²) in [6, 6.07) is 8.04. The van der Waals surface area contributed by atoms with Crippen molar-refractivity contribution >= 4 is 11.6 Å². The molecule has 6 heteroatoms. The highest BCUT2D eigenvalue weighted by Crippen LogP contribution is 2.35. The Morgan fingerprint density at radius 2 is 2.04 bits per heavy atom. The highest BCUT2D eigenvalue weighted by molar-refractivity contribution is 5.94. The molecular weight excluding hydrogens is 328 g/mol. The summed E-state index contributed by atoms with van der Waals surface area (Å²) in [6.45, 7) is 10.4. The normalized spacial score (nSPS) is 16.7. The summed E-state index contributed by atoms with van der Waals surface area (Å²) in [5.74, 6) is 0.863. The molecule has 0 bridgehead atoms. The van der Waals surface area contributed by atoms with Crippen LogP contribution in [-0.2, 0) is 6.42 Å². The Balaban J connectivity index is 1.82. The predicted molar refractivity (Wildman–Crippen MR) is 103 cm³/mol. The minimum atomic E-state index is -0.208. The Labute approximate surface area is 155 Å². The maximum atomic E-state index is 13.0. The number of anilines is 1. The number of aryl methyl sites for hydroxylation is 1. The predicted octanol–water partition coefficient (Wildman–Crippen LogP) is 3.03. The van der Waals surface area contributed by atoms with Crippen LogP contribution in [-0.4, -0.2) is 53.3 Å². The number of para-hydroxylation sites is 2. The molecule has 2 heterocycles. The second-order valence-corrected chi connectivity index (χ2v) is 7.39. The number of amides is 1. The van der Waals surface area contributed by atoms with E-state index in [2.05, 4.69) is 41.9 Å². The van der Waals surface area contributed by atoms with E-state index in [1.54, 1.807) is 7.11 Å². The smallest absolute Gasteiger partial charge is 0.274 e. The van der Waals surface area contributed by atoms with E-state index in [-0.39, 0.29) is 11.4 Å². The van der Waals surface area contributed by atoms with Crippen LogP contribution in [0.15, 0.2) is 24.3 Å². The lowest BCUT2D eigenvalue weighted by atomic mass is 9.97. The van der Waals surface area contributed by atoms with Gasteiger partial charge in [0.1, 0.15) is 5.75 Å². The maximum absolute atomic E-state index is 13.0. The number of hydrogen-bond donors (Lipinski definition) is 1. The minimum Gasteiger partial charge on any atom is -0.495 e. The number of carbonyl (C=O) groups excluding carboxylic acids is 1. The van der Waals surface area contributed by atoms with Gasteiger partial charge in [-0.25, -0.2) is 0 Å². The number of aromatic nitrogens is 2. The van der Waals surface area contributed by atoms with Crippen molar-refractivity contribution in [3.05, 3.63) is 41.2 Å². The first kappa shape index (κ1) is 18.3. The molecule has 0 saturated carbocycles. The molecule has 6 nitrogen and oxygen atoms in total. The fourth-order valence-corrected chi connectivity index (χ4v) is 3.76. The second-order valence-electron chi connectivity index (χ2n) is 7.39. The van der Waals surface area contributed by atoms with E-state index in [1.165, 1.54) is 0 Å². The summed E-state index contributed by atoms with van der Waals surface area (Å²) < 4.78 is 5.53. The largest absolute Gasteiger partial charge is 0.495 e. The van der Waals surface area contributed by atoms with Crippen LogP contribution in [0.4, 0.5) is 5.69 Å². The molecule has 1 aromatic carbocycles. The molecular formula is C20H28N4O2. The molecule has 1 saturated heterocycles. The Bertz CT molecular complexity index is 797. The van der Waals surface area contributed by atoms with Gasteiger partial charge < -0.3 is 14.5 Å². The standard InChI is InChI=1S/C20H28N4O2/c1-6-15-14(2)18(22-21-15)19(25)23-11-12-24(20(3,4)13-23)16-9-7-8-10-17(16)26-5/h7-10H,6,11-13H2,1-5H3,(H,21,22). The quantitative estimate of drug-likeness (QED) is 0.915. The zero-order valence-corrected chi connectivity index (χ0v) is 16.3. The first-order chi connectivity index (χ1) is 12.4. The molecule has 1 fully saturated rings. The first-order valence-electron chi connectivity index (χ1n) is 9.12. The van der Waals surface area contributed by atoms with Crippen molar-refractivity contribution in [2.45, 2.75) is 39.7 Å². The summed E-state index contributed by atoms with van der Waals surface area (Å²) >= 11 is 0. The molecule has 26 heavy (non-hydrogen) atoms. The average Bonchev–Trinajstić information content (AvgIpc) is 3.00. The van der Waals surface area contributed by atoms with Gasteiger partial charge in [-0.05, 0) is 39.3 Å². The Morgan fingerprint density at radius 3 is 2.65 bits per heavy atom.